The summed E-state index contributed by atoms with van der Waals surface area (Å²) in [5, 5.41) is -0.126. The minimum Gasteiger partial charge on any atom is -0.496 e. The number of thioether (sulfide) groups is 1. The molecule has 27 heavy (non-hydrogen) atoms. The molecule has 0 N–H and O–H groups in total. The third kappa shape index (κ3) is 3.91. The summed E-state index contributed by atoms with van der Waals surface area (Å²) in [5.41, 5.74) is 1.64. The van der Waals surface area contributed by atoms with Crippen LogP contribution in [0.25, 0.3) is 0 Å². The number of ether oxygens (including phenoxy) is 1. The number of halogens is 1. The first kappa shape index (κ1) is 18.6. The van der Waals surface area contributed by atoms with E-state index in [1.807, 2.05) is 23.1 Å². The zero-order chi connectivity index (χ0) is 19.0. The predicted molar refractivity (Wildman–Crippen MR) is 108 cm³/mol. The number of carbonyl (C=O) groups is 1. The Bertz CT molecular complexity index is 929. The van der Waals surface area contributed by atoms with Gasteiger partial charge in [0.15, 0.2) is 0 Å². The van der Waals surface area contributed by atoms with Gasteiger partial charge in [-0.25, -0.2) is 4.98 Å². The van der Waals surface area contributed by atoms with Crippen molar-refractivity contribution in [2.45, 2.75) is 30.7 Å². The summed E-state index contributed by atoms with van der Waals surface area (Å²) in [7, 11) is 1.63. The molecule has 2 fully saturated rings. The fourth-order valence-electron chi connectivity index (χ4n) is 3.28. The van der Waals surface area contributed by atoms with Crippen LogP contribution in [-0.2, 0) is 11.3 Å². The Kier molecular flexibility index (Phi) is 5.27. The molecule has 6 nitrogen and oxygen atoms in total. The van der Waals surface area contributed by atoms with Crippen LogP contribution < -0.4 is 10.3 Å². The first-order valence-corrected chi connectivity index (χ1v) is 10.7. The second-order valence-electron chi connectivity index (χ2n) is 6.75. The van der Waals surface area contributed by atoms with Crippen LogP contribution in [0.4, 0.5) is 0 Å². The van der Waals surface area contributed by atoms with Crippen molar-refractivity contribution < 1.29 is 9.53 Å². The Morgan fingerprint density at radius 1 is 1.37 bits per heavy atom. The Morgan fingerprint density at radius 2 is 2.19 bits per heavy atom. The second kappa shape index (κ2) is 7.67. The fraction of sp³-hybridized carbons (Fsp3) is 0.421. The molecular weight excluding hydrogens is 430 g/mol. The van der Waals surface area contributed by atoms with E-state index in [1.165, 1.54) is 10.9 Å². The summed E-state index contributed by atoms with van der Waals surface area (Å²) in [4.78, 5) is 31.5. The third-order valence-corrected chi connectivity index (χ3v) is 6.61. The molecule has 0 spiro atoms. The fourth-order valence-corrected chi connectivity index (χ4v) is 4.95. The molecular formula is C19H20BrN3O3S. The zero-order valence-corrected chi connectivity index (χ0v) is 17.3. The van der Waals surface area contributed by atoms with Gasteiger partial charge in [-0.1, -0.05) is 15.9 Å². The van der Waals surface area contributed by atoms with Gasteiger partial charge in [0.1, 0.15) is 17.7 Å². The average Bonchev–Trinajstić information content (AvgIpc) is 3.39. The van der Waals surface area contributed by atoms with Crippen molar-refractivity contribution >= 4 is 33.6 Å². The highest BCUT2D eigenvalue weighted by Gasteiger charge is 2.33. The van der Waals surface area contributed by atoms with Crippen LogP contribution in [-0.4, -0.2) is 39.8 Å². The summed E-state index contributed by atoms with van der Waals surface area (Å²) in [6, 6.07) is 7.37. The van der Waals surface area contributed by atoms with Gasteiger partial charge in [0.25, 0.3) is 5.56 Å². The highest BCUT2D eigenvalue weighted by molar-refractivity contribution is 9.10. The van der Waals surface area contributed by atoms with Gasteiger partial charge in [-0.05, 0) is 31.0 Å². The molecule has 1 unspecified atom stereocenters. The number of benzene rings is 1. The number of amides is 1. The van der Waals surface area contributed by atoms with E-state index in [4.69, 9.17) is 4.74 Å². The number of nitrogens with zero attached hydrogens (tertiary/aromatic N) is 3. The number of methoxy groups -OCH3 is 1. The highest BCUT2D eigenvalue weighted by atomic mass is 79.9. The van der Waals surface area contributed by atoms with Gasteiger partial charge in [-0.3, -0.25) is 14.2 Å². The first-order valence-electron chi connectivity index (χ1n) is 8.87. The molecule has 1 atom stereocenters. The Labute approximate surface area is 170 Å². The average molecular weight is 450 g/mol. The number of rotatable bonds is 5. The maximum Gasteiger partial charge on any atom is 0.254 e. The predicted octanol–water partition coefficient (Wildman–Crippen LogP) is 3.17. The molecule has 1 aliphatic carbocycles. The van der Waals surface area contributed by atoms with Crippen LogP contribution in [0.3, 0.4) is 0 Å². The normalized spacial score (nSPS) is 19.3. The van der Waals surface area contributed by atoms with Crippen LogP contribution in [0.5, 0.6) is 5.75 Å². The van der Waals surface area contributed by atoms with Gasteiger partial charge in [-0.2, -0.15) is 0 Å². The van der Waals surface area contributed by atoms with E-state index in [1.54, 1.807) is 24.9 Å². The molecule has 1 amide bonds. The third-order valence-electron chi connectivity index (χ3n) is 4.87. The molecule has 1 aromatic carbocycles. The molecule has 1 saturated carbocycles. The molecule has 8 heteroatoms. The minimum atomic E-state index is -0.163. The van der Waals surface area contributed by atoms with Gasteiger partial charge < -0.3 is 9.64 Å². The van der Waals surface area contributed by atoms with E-state index in [9.17, 15) is 9.59 Å². The molecule has 142 valence electrons. The van der Waals surface area contributed by atoms with Crippen molar-refractivity contribution in [3.8, 4) is 5.75 Å². The van der Waals surface area contributed by atoms with Gasteiger partial charge in [0.05, 0.1) is 19.1 Å². The van der Waals surface area contributed by atoms with Crippen LogP contribution in [0.2, 0.25) is 0 Å². The Hall–Kier alpha value is -1.80. The lowest BCUT2D eigenvalue weighted by Crippen LogP contribution is -2.36. The lowest BCUT2D eigenvalue weighted by atomic mass is 10.2. The van der Waals surface area contributed by atoms with Crippen molar-refractivity contribution in [2.24, 2.45) is 0 Å². The number of hydrogen-bond acceptors (Lipinski definition) is 5. The van der Waals surface area contributed by atoms with Crippen molar-refractivity contribution in [3.63, 3.8) is 0 Å². The highest BCUT2D eigenvalue weighted by Crippen LogP contribution is 2.43. The standard InChI is InChI=1S/C19H20BrN3O3S/c1-26-16-5-4-13(20)8-14(16)19-23(6-7-27-19)18(25)10-22-11-21-15(9-17(22)24)12-2-3-12/h4-5,8-9,11-12,19H,2-3,6-7,10H2,1H3. The SMILES string of the molecule is COc1ccc(Br)cc1C1SCCN1C(=O)Cn1cnc(C2CC2)cc1=O. The molecule has 2 heterocycles. The second-order valence-corrected chi connectivity index (χ2v) is 8.85. The summed E-state index contributed by atoms with van der Waals surface area (Å²) < 4.78 is 7.82. The van der Waals surface area contributed by atoms with Crippen molar-refractivity contribution in [3.05, 3.63) is 56.7 Å². The number of carbonyl (C=O) groups excluding carboxylic acids is 1. The van der Waals surface area contributed by atoms with Crippen molar-refractivity contribution in [1.29, 1.82) is 0 Å². The van der Waals surface area contributed by atoms with E-state index < -0.39 is 0 Å². The smallest absolute Gasteiger partial charge is 0.254 e. The molecule has 1 aromatic heterocycles. The molecule has 2 aromatic rings. The van der Waals surface area contributed by atoms with Crippen LogP contribution in [0.1, 0.15) is 35.4 Å². The Morgan fingerprint density at radius 3 is 2.89 bits per heavy atom. The Balaban J connectivity index is 1.54. The number of aromatic nitrogens is 2. The first-order chi connectivity index (χ1) is 13.1. The zero-order valence-electron chi connectivity index (χ0n) is 14.9. The van der Waals surface area contributed by atoms with Gasteiger partial charge in [0.2, 0.25) is 5.91 Å². The number of hydrogen-bond donors (Lipinski definition) is 0. The summed E-state index contributed by atoms with van der Waals surface area (Å²) in [6.45, 7) is 0.649. The molecule has 1 saturated heterocycles. The van der Waals surface area contributed by atoms with Gasteiger partial charge >= 0.3 is 0 Å². The monoisotopic (exact) mass is 449 g/mol. The van der Waals surface area contributed by atoms with Crippen LogP contribution in [0, 0.1) is 0 Å². The summed E-state index contributed by atoms with van der Waals surface area (Å²) >= 11 is 5.20. The summed E-state index contributed by atoms with van der Waals surface area (Å²) in [6.07, 6.45) is 3.69. The lowest BCUT2D eigenvalue weighted by Gasteiger charge is -2.26. The van der Waals surface area contributed by atoms with E-state index in [0.29, 0.717) is 12.5 Å². The topological polar surface area (TPSA) is 64.4 Å². The van der Waals surface area contributed by atoms with Gasteiger partial charge in [0, 0.05) is 34.3 Å². The van der Waals surface area contributed by atoms with Gasteiger partial charge in [-0.15, -0.1) is 11.8 Å². The molecule has 1 aliphatic heterocycles. The van der Waals surface area contributed by atoms with Crippen molar-refractivity contribution in [2.75, 3.05) is 19.4 Å². The van der Waals surface area contributed by atoms with Crippen LogP contribution >= 0.6 is 27.7 Å². The van der Waals surface area contributed by atoms with Crippen molar-refractivity contribution in [1.82, 2.24) is 14.5 Å². The summed E-state index contributed by atoms with van der Waals surface area (Å²) in [5.74, 6) is 1.93. The van der Waals surface area contributed by atoms with Crippen LogP contribution in [0.15, 0.2) is 39.9 Å². The van der Waals surface area contributed by atoms with E-state index in [-0.39, 0.29) is 23.4 Å². The maximum atomic E-state index is 12.9. The molecule has 4 rings (SSSR count). The molecule has 2 aliphatic rings. The van der Waals surface area contributed by atoms with E-state index >= 15 is 0 Å². The minimum absolute atomic E-state index is 0.00413. The lowest BCUT2D eigenvalue weighted by molar-refractivity contribution is -0.132. The maximum absolute atomic E-state index is 12.9. The molecule has 0 radical (unpaired) electrons. The quantitative estimate of drug-likeness (QED) is 0.701. The van der Waals surface area contributed by atoms with E-state index in [2.05, 4.69) is 20.9 Å². The molecule has 0 bridgehead atoms. The van der Waals surface area contributed by atoms with E-state index in [0.717, 1.165) is 40.1 Å². The largest absolute Gasteiger partial charge is 0.496 e.